The topological polar surface area (TPSA) is 96.5 Å². The summed E-state index contributed by atoms with van der Waals surface area (Å²) in [4.78, 5) is 16.3. The molecule has 0 bridgehead atoms. The van der Waals surface area contributed by atoms with E-state index in [9.17, 15) is 10.1 Å². The van der Waals surface area contributed by atoms with Gasteiger partial charge in [0.1, 0.15) is 5.54 Å². The summed E-state index contributed by atoms with van der Waals surface area (Å²) in [5, 5.41) is 21.2. The van der Waals surface area contributed by atoms with Gasteiger partial charge in [-0.25, -0.2) is 0 Å². The van der Waals surface area contributed by atoms with E-state index in [1.54, 1.807) is 25.4 Å². The maximum Gasteiger partial charge on any atom is 0.231 e. The highest BCUT2D eigenvalue weighted by Crippen LogP contribution is 2.24. The molecule has 0 unspecified atom stereocenters. The van der Waals surface area contributed by atoms with E-state index < -0.39 is 5.54 Å². The molecule has 8 heteroatoms. The zero-order chi connectivity index (χ0) is 19.2. The summed E-state index contributed by atoms with van der Waals surface area (Å²) in [6.07, 6.45) is 5.14. The fourth-order valence-corrected chi connectivity index (χ4v) is 2.91. The fraction of sp³-hybridized carbons (Fsp3) is 0.389. The van der Waals surface area contributed by atoms with Crippen LogP contribution >= 0.6 is 11.8 Å². The van der Waals surface area contributed by atoms with E-state index in [-0.39, 0.29) is 17.6 Å². The van der Waals surface area contributed by atoms with Crippen LogP contribution < -0.4 is 5.32 Å². The molecule has 1 N–H and O–H groups in total. The predicted molar refractivity (Wildman–Crippen MR) is 101 cm³/mol. The number of hydrogen-bond acceptors (Lipinski definition) is 6. The van der Waals surface area contributed by atoms with E-state index in [2.05, 4.69) is 33.1 Å². The van der Waals surface area contributed by atoms with Crippen LogP contribution in [0.3, 0.4) is 0 Å². The first kappa shape index (κ1) is 19.7. The lowest BCUT2D eigenvalue weighted by Crippen LogP contribution is -2.49. The highest BCUT2D eigenvalue weighted by atomic mass is 32.2. The van der Waals surface area contributed by atoms with Gasteiger partial charge in [-0.15, -0.1) is 16.8 Å². The predicted octanol–water partition coefficient (Wildman–Crippen LogP) is 2.67. The zero-order valence-corrected chi connectivity index (χ0v) is 16.0. The first-order valence-corrected chi connectivity index (χ1v) is 9.19. The van der Waals surface area contributed by atoms with Crippen LogP contribution in [-0.4, -0.2) is 36.9 Å². The lowest BCUT2D eigenvalue weighted by Gasteiger charge is -2.27. The number of carbonyl (C=O) groups is 1. The molecule has 0 aliphatic carbocycles. The minimum atomic E-state index is -0.894. The largest absolute Gasteiger partial charge is 0.337 e. The van der Waals surface area contributed by atoms with E-state index in [1.165, 1.54) is 11.8 Å². The Kier molecular flexibility index (Phi) is 6.52. The molecule has 0 spiro atoms. The molecule has 0 fully saturated rings. The number of pyridine rings is 1. The van der Waals surface area contributed by atoms with Gasteiger partial charge in [0.2, 0.25) is 5.91 Å². The lowest BCUT2D eigenvalue weighted by molar-refractivity contribution is -0.120. The first-order chi connectivity index (χ1) is 12.4. The third kappa shape index (κ3) is 4.49. The molecule has 0 saturated carbocycles. The number of nitrogens with zero attached hydrogens (tertiary/aromatic N) is 5. The number of allylic oxidation sites excluding steroid dienone is 1. The van der Waals surface area contributed by atoms with Crippen LogP contribution in [0.25, 0.3) is 11.4 Å². The number of amides is 1. The maximum atomic E-state index is 12.3. The smallest absolute Gasteiger partial charge is 0.231 e. The number of rotatable bonds is 8. The summed E-state index contributed by atoms with van der Waals surface area (Å²) in [7, 11) is 0. The van der Waals surface area contributed by atoms with Crippen LogP contribution in [0.4, 0.5) is 0 Å². The molecule has 2 rings (SSSR count). The van der Waals surface area contributed by atoms with Crippen molar-refractivity contribution in [2.24, 2.45) is 5.92 Å². The molecule has 1 amide bonds. The molecular formula is C18H22N6OS. The molecule has 0 radical (unpaired) electrons. The van der Waals surface area contributed by atoms with Crippen molar-refractivity contribution in [3.8, 4) is 17.5 Å². The molecule has 2 aromatic heterocycles. The van der Waals surface area contributed by atoms with Crippen molar-refractivity contribution in [1.29, 1.82) is 5.26 Å². The van der Waals surface area contributed by atoms with Gasteiger partial charge in [-0.3, -0.25) is 14.3 Å². The number of hydrogen-bond donors (Lipinski definition) is 1. The van der Waals surface area contributed by atoms with Crippen molar-refractivity contribution in [3.05, 3.63) is 37.2 Å². The van der Waals surface area contributed by atoms with Gasteiger partial charge in [0.15, 0.2) is 11.0 Å². The summed E-state index contributed by atoms with van der Waals surface area (Å²) in [6.45, 7) is 9.82. The van der Waals surface area contributed by atoms with Crippen LogP contribution in [0.1, 0.15) is 20.8 Å². The Balaban J connectivity index is 2.13. The van der Waals surface area contributed by atoms with Crippen molar-refractivity contribution in [2.75, 3.05) is 5.75 Å². The average molecular weight is 370 g/mol. The molecule has 0 aliphatic heterocycles. The fourth-order valence-electron chi connectivity index (χ4n) is 2.16. The third-order valence-electron chi connectivity index (χ3n) is 4.09. The van der Waals surface area contributed by atoms with Crippen LogP contribution in [0, 0.1) is 17.2 Å². The van der Waals surface area contributed by atoms with Crippen molar-refractivity contribution in [3.63, 3.8) is 0 Å². The molecule has 2 aromatic rings. The van der Waals surface area contributed by atoms with Crippen LogP contribution in [0.2, 0.25) is 0 Å². The molecule has 2 heterocycles. The van der Waals surface area contributed by atoms with Gasteiger partial charge in [-0.1, -0.05) is 31.7 Å². The summed E-state index contributed by atoms with van der Waals surface area (Å²) < 4.78 is 1.90. The molecular weight excluding hydrogens is 348 g/mol. The zero-order valence-electron chi connectivity index (χ0n) is 15.1. The van der Waals surface area contributed by atoms with Crippen molar-refractivity contribution in [2.45, 2.75) is 38.0 Å². The Morgan fingerprint density at radius 3 is 2.73 bits per heavy atom. The second-order valence-electron chi connectivity index (χ2n) is 6.25. The Morgan fingerprint density at radius 2 is 2.15 bits per heavy atom. The molecule has 0 aliphatic rings. The number of aromatic nitrogens is 4. The summed E-state index contributed by atoms with van der Waals surface area (Å²) in [6, 6.07) is 5.88. The molecule has 0 aromatic carbocycles. The normalized spacial score (nSPS) is 13.0. The molecule has 1 atom stereocenters. The Bertz CT molecular complexity index is 811. The maximum absolute atomic E-state index is 12.3. The number of nitrogens with one attached hydrogen (secondary N) is 1. The third-order valence-corrected chi connectivity index (χ3v) is 5.05. The monoisotopic (exact) mass is 370 g/mol. The van der Waals surface area contributed by atoms with E-state index in [0.717, 1.165) is 5.56 Å². The van der Waals surface area contributed by atoms with Crippen molar-refractivity contribution < 1.29 is 4.79 Å². The van der Waals surface area contributed by atoms with Gasteiger partial charge in [-0.2, -0.15) is 5.26 Å². The summed E-state index contributed by atoms with van der Waals surface area (Å²) >= 11 is 1.28. The quantitative estimate of drug-likeness (QED) is 0.567. The number of nitriles is 1. The average Bonchev–Trinajstić information content (AvgIpc) is 3.03. The van der Waals surface area contributed by atoms with Crippen molar-refractivity contribution in [1.82, 2.24) is 25.1 Å². The van der Waals surface area contributed by atoms with Gasteiger partial charge in [-0.05, 0) is 25.0 Å². The van der Waals surface area contributed by atoms with Gasteiger partial charge < -0.3 is 5.32 Å². The van der Waals surface area contributed by atoms with Gasteiger partial charge >= 0.3 is 0 Å². The summed E-state index contributed by atoms with van der Waals surface area (Å²) in [5.74, 6) is 0.630. The molecule has 26 heavy (non-hydrogen) atoms. The van der Waals surface area contributed by atoms with Gasteiger partial charge in [0, 0.05) is 24.5 Å². The van der Waals surface area contributed by atoms with E-state index in [0.29, 0.717) is 17.5 Å². The number of carbonyl (C=O) groups excluding carboxylic acids is 1. The lowest BCUT2D eigenvalue weighted by atomic mass is 9.90. The van der Waals surface area contributed by atoms with Crippen LogP contribution in [0.5, 0.6) is 0 Å². The molecule has 136 valence electrons. The first-order valence-electron chi connectivity index (χ1n) is 8.21. The van der Waals surface area contributed by atoms with E-state index in [4.69, 9.17) is 0 Å². The Hall–Kier alpha value is -2.66. The highest BCUT2D eigenvalue weighted by Gasteiger charge is 2.30. The SMILES string of the molecule is C=CCn1c(SCC(=O)N[C@@](C)(C#N)C(C)C)nnc1-c1ccncc1. The van der Waals surface area contributed by atoms with E-state index in [1.807, 2.05) is 30.5 Å². The minimum absolute atomic E-state index is 0.00385. The van der Waals surface area contributed by atoms with Crippen molar-refractivity contribution >= 4 is 17.7 Å². The second-order valence-corrected chi connectivity index (χ2v) is 7.19. The summed E-state index contributed by atoms with van der Waals surface area (Å²) in [5.41, 5.74) is -0.00300. The Labute approximate surface area is 157 Å². The molecule has 7 nitrogen and oxygen atoms in total. The van der Waals surface area contributed by atoms with Crippen LogP contribution in [-0.2, 0) is 11.3 Å². The van der Waals surface area contributed by atoms with E-state index >= 15 is 0 Å². The second kappa shape index (κ2) is 8.63. The standard InChI is InChI=1S/C18H22N6OS/c1-5-10-24-16(14-6-8-20-9-7-14)22-23-17(24)26-11-15(25)21-18(4,12-19)13(2)3/h5-9,13H,1,10-11H2,2-4H3,(H,21,25)/t18-/m0/s1. The van der Waals surface area contributed by atoms with Gasteiger partial charge in [0.25, 0.3) is 0 Å². The van der Waals surface area contributed by atoms with Crippen LogP contribution in [0.15, 0.2) is 42.3 Å². The van der Waals surface area contributed by atoms with Gasteiger partial charge in [0.05, 0.1) is 11.8 Å². The molecule has 0 saturated heterocycles. The highest BCUT2D eigenvalue weighted by molar-refractivity contribution is 7.99. The Morgan fingerprint density at radius 1 is 1.46 bits per heavy atom. The number of thioether (sulfide) groups is 1. The minimum Gasteiger partial charge on any atom is -0.337 e.